The predicted molar refractivity (Wildman–Crippen MR) is 51.8 cm³/mol. The molecule has 1 rings (SSSR count). The molecule has 0 unspecified atom stereocenters. The zero-order chi connectivity index (χ0) is 10.4. The summed E-state index contributed by atoms with van der Waals surface area (Å²) >= 11 is 0. The van der Waals surface area contributed by atoms with Gasteiger partial charge in [-0.1, -0.05) is 6.07 Å². The minimum absolute atomic E-state index is 0.267. The molecule has 0 fully saturated rings. The van der Waals surface area contributed by atoms with E-state index in [1.807, 2.05) is 13.0 Å². The molecule has 1 aromatic carbocycles. The highest BCUT2D eigenvalue weighted by Gasteiger charge is 2.03. The average molecular weight is 191 g/mol. The third-order valence-electron chi connectivity index (χ3n) is 1.67. The largest absolute Gasteiger partial charge is 0.501 e. The summed E-state index contributed by atoms with van der Waals surface area (Å²) in [4.78, 5) is 0. The molecule has 0 aromatic heterocycles. The molecule has 14 heavy (non-hydrogen) atoms. The van der Waals surface area contributed by atoms with Gasteiger partial charge in [0.05, 0.1) is 24.5 Å². The van der Waals surface area contributed by atoms with Crippen LogP contribution in [0.1, 0.15) is 18.1 Å². The maximum absolute atomic E-state index is 13.2. The fraction of sp³-hybridized carbons (Fsp3) is 0.182. The van der Waals surface area contributed by atoms with Crippen molar-refractivity contribution in [2.75, 3.05) is 6.61 Å². The van der Waals surface area contributed by atoms with E-state index in [1.54, 1.807) is 6.07 Å². The van der Waals surface area contributed by atoms with Gasteiger partial charge in [0.1, 0.15) is 5.82 Å². The van der Waals surface area contributed by atoms with Crippen molar-refractivity contribution in [2.45, 2.75) is 6.92 Å². The molecule has 0 aliphatic carbocycles. The number of ether oxygens (including phenoxy) is 1. The fourth-order valence-electron chi connectivity index (χ4n) is 1.02. The van der Waals surface area contributed by atoms with E-state index in [2.05, 4.69) is 0 Å². The summed E-state index contributed by atoms with van der Waals surface area (Å²) in [5.74, 6) is -0.417. The summed E-state index contributed by atoms with van der Waals surface area (Å²) < 4.78 is 18.1. The van der Waals surface area contributed by atoms with Crippen LogP contribution < -0.4 is 0 Å². The van der Waals surface area contributed by atoms with E-state index >= 15 is 0 Å². The zero-order valence-corrected chi connectivity index (χ0v) is 7.83. The first kappa shape index (κ1) is 10.3. The third-order valence-corrected chi connectivity index (χ3v) is 1.67. The SMILES string of the molecule is CCO/C=C/c1c(F)cccc1C#N. The Morgan fingerprint density at radius 1 is 1.57 bits per heavy atom. The summed E-state index contributed by atoms with van der Waals surface area (Å²) in [5.41, 5.74) is 0.574. The highest BCUT2D eigenvalue weighted by Crippen LogP contribution is 2.14. The van der Waals surface area contributed by atoms with Gasteiger partial charge in [-0.15, -0.1) is 0 Å². The van der Waals surface area contributed by atoms with Gasteiger partial charge in [-0.05, 0) is 25.1 Å². The van der Waals surface area contributed by atoms with Crippen molar-refractivity contribution in [2.24, 2.45) is 0 Å². The lowest BCUT2D eigenvalue weighted by molar-refractivity contribution is 0.272. The van der Waals surface area contributed by atoms with Crippen molar-refractivity contribution < 1.29 is 9.13 Å². The van der Waals surface area contributed by atoms with E-state index in [0.29, 0.717) is 12.2 Å². The lowest BCUT2D eigenvalue weighted by Gasteiger charge is -1.99. The fourth-order valence-corrected chi connectivity index (χ4v) is 1.02. The zero-order valence-electron chi connectivity index (χ0n) is 7.83. The summed E-state index contributed by atoms with van der Waals surface area (Å²) in [5, 5.41) is 8.71. The van der Waals surface area contributed by atoms with Gasteiger partial charge in [0.2, 0.25) is 0 Å². The summed E-state index contributed by atoms with van der Waals surface area (Å²) in [6.07, 6.45) is 2.84. The van der Waals surface area contributed by atoms with Crippen LogP contribution in [-0.4, -0.2) is 6.61 Å². The molecule has 72 valence electrons. The van der Waals surface area contributed by atoms with Crippen LogP contribution >= 0.6 is 0 Å². The Balaban J connectivity index is 3.00. The number of halogens is 1. The second-order valence-electron chi connectivity index (χ2n) is 2.57. The number of benzene rings is 1. The molecule has 0 aliphatic rings. The van der Waals surface area contributed by atoms with Crippen LogP contribution in [0.3, 0.4) is 0 Å². The molecule has 0 saturated heterocycles. The summed E-state index contributed by atoms with van der Waals surface area (Å²) in [6.45, 7) is 2.35. The van der Waals surface area contributed by atoms with Crippen molar-refractivity contribution in [3.8, 4) is 6.07 Å². The molecule has 0 N–H and O–H groups in total. The Morgan fingerprint density at radius 2 is 2.36 bits per heavy atom. The van der Waals surface area contributed by atoms with Gasteiger partial charge < -0.3 is 4.74 Å². The van der Waals surface area contributed by atoms with E-state index in [1.165, 1.54) is 24.5 Å². The molecule has 0 radical (unpaired) electrons. The van der Waals surface area contributed by atoms with Gasteiger partial charge in [-0.25, -0.2) is 4.39 Å². The van der Waals surface area contributed by atoms with Crippen molar-refractivity contribution >= 4 is 6.08 Å². The second kappa shape index (κ2) is 5.03. The maximum atomic E-state index is 13.2. The van der Waals surface area contributed by atoms with Crippen molar-refractivity contribution in [3.63, 3.8) is 0 Å². The van der Waals surface area contributed by atoms with Crippen LogP contribution in [0.2, 0.25) is 0 Å². The molecule has 0 atom stereocenters. The molecular weight excluding hydrogens is 181 g/mol. The first-order valence-corrected chi connectivity index (χ1v) is 4.26. The van der Waals surface area contributed by atoms with Crippen LogP contribution in [0.4, 0.5) is 4.39 Å². The van der Waals surface area contributed by atoms with E-state index in [9.17, 15) is 4.39 Å². The predicted octanol–water partition coefficient (Wildman–Crippen LogP) is 2.70. The van der Waals surface area contributed by atoms with E-state index in [-0.39, 0.29) is 5.56 Å². The highest BCUT2D eigenvalue weighted by molar-refractivity contribution is 5.57. The van der Waals surface area contributed by atoms with Crippen LogP contribution in [0.5, 0.6) is 0 Å². The van der Waals surface area contributed by atoms with Gasteiger partial charge in [-0.3, -0.25) is 0 Å². The number of nitrogens with zero attached hydrogens (tertiary/aromatic N) is 1. The lowest BCUT2D eigenvalue weighted by atomic mass is 10.1. The maximum Gasteiger partial charge on any atom is 0.131 e. The van der Waals surface area contributed by atoms with Gasteiger partial charge in [0.25, 0.3) is 0 Å². The first-order valence-electron chi connectivity index (χ1n) is 4.26. The van der Waals surface area contributed by atoms with Crippen molar-refractivity contribution in [1.29, 1.82) is 5.26 Å². The minimum atomic E-state index is -0.417. The highest BCUT2D eigenvalue weighted by atomic mass is 19.1. The molecule has 1 aromatic rings. The topological polar surface area (TPSA) is 33.0 Å². The van der Waals surface area contributed by atoms with Gasteiger partial charge >= 0.3 is 0 Å². The van der Waals surface area contributed by atoms with Crippen LogP contribution in [0.15, 0.2) is 24.5 Å². The molecule has 0 heterocycles. The Kier molecular flexibility index (Phi) is 3.69. The summed E-state index contributed by atoms with van der Waals surface area (Å²) in [6, 6.07) is 6.30. The molecule has 0 bridgehead atoms. The van der Waals surface area contributed by atoms with Crippen molar-refractivity contribution in [3.05, 3.63) is 41.4 Å². The average Bonchev–Trinajstić information content (AvgIpc) is 2.20. The van der Waals surface area contributed by atoms with Gasteiger partial charge in [0, 0.05) is 5.56 Å². The first-order chi connectivity index (χ1) is 6.79. The Hall–Kier alpha value is -1.82. The van der Waals surface area contributed by atoms with Crippen molar-refractivity contribution in [1.82, 2.24) is 0 Å². The Labute approximate surface area is 82.2 Å². The molecule has 0 spiro atoms. The van der Waals surface area contributed by atoms with E-state index < -0.39 is 5.82 Å². The number of nitriles is 1. The number of hydrogen-bond donors (Lipinski definition) is 0. The van der Waals surface area contributed by atoms with E-state index in [0.717, 1.165) is 0 Å². The monoisotopic (exact) mass is 191 g/mol. The quantitative estimate of drug-likeness (QED) is 0.688. The van der Waals surface area contributed by atoms with E-state index in [4.69, 9.17) is 10.00 Å². The normalized spacial score (nSPS) is 10.1. The molecule has 2 nitrogen and oxygen atoms in total. The number of hydrogen-bond acceptors (Lipinski definition) is 2. The molecule has 3 heteroatoms. The Morgan fingerprint density at radius 3 is 3.00 bits per heavy atom. The van der Waals surface area contributed by atoms with Crippen LogP contribution in [-0.2, 0) is 4.74 Å². The van der Waals surface area contributed by atoms with Gasteiger partial charge in [-0.2, -0.15) is 5.26 Å². The molecular formula is C11H10FNO. The standard InChI is InChI=1S/C11H10FNO/c1-2-14-7-6-10-9(8-13)4-3-5-11(10)12/h3-7H,2H2,1H3/b7-6+. The lowest BCUT2D eigenvalue weighted by Crippen LogP contribution is -1.88. The minimum Gasteiger partial charge on any atom is -0.501 e. The van der Waals surface area contributed by atoms with Crippen LogP contribution in [0, 0.1) is 17.1 Å². The second-order valence-corrected chi connectivity index (χ2v) is 2.57. The molecule has 0 amide bonds. The smallest absolute Gasteiger partial charge is 0.131 e. The van der Waals surface area contributed by atoms with Crippen LogP contribution in [0.25, 0.3) is 6.08 Å². The molecule has 0 saturated carbocycles. The Bertz CT molecular complexity index is 379. The number of rotatable bonds is 3. The third kappa shape index (κ3) is 2.33. The molecule has 0 aliphatic heterocycles. The summed E-state index contributed by atoms with van der Waals surface area (Å²) in [7, 11) is 0. The van der Waals surface area contributed by atoms with Gasteiger partial charge in [0.15, 0.2) is 0 Å².